The molecule has 1 amide bonds. The highest BCUT2D eigenvalue weighted by Crippen LogP contribution is 2.51. The van der Waals surface area contributed by atoms with E-state index in [1.54, 1.807) is 11.3 Å². The first-order valence-corrected chi connectivity index (χ1v) is 11.4. The number of carbonyl (C=O) groups is 1. The summed E-state index contributed by atoms with van der Waals surface area (Å²) in [4.78, 5) is 24.1. The second kappa shape index (κ2) is 6.67. The van der Waals surface area contributed by atoms with Gasteiger partial charge in [0, 0.05) is 42.8 Å². The standard InChI is InChI=1S/C23H29N3OS/c1-17-4-6-19(7-5-17)23(9-10-23)21(27)25-12-3-8-22(16-25)11-13-26(22)15-20-14-24-18(2)28-20/h4-7,14H,3,8-13,15-16H2,1-2H3/t22-/m1/s1. The number of piperidine rings is 1. The molecule has 3 heterocycles. The summed E-state index contributed by atoms with van der Waals surface area (Å²) in [5, 5.41) is 1.14. The minimum atomic E-state index is -0.240. The van der Waals surface area contributed by atoms with E-state index in [0.717, 1.165) is 50.4 Å². The Morgan fingerprint density at radius 2 is 1.89 bits per heavy atom. The van der Waals surface area contributed by atoms with Crippen LogP contribution in [0.5, 0.6) is 0 Å². The number of hydrogen-bond donors (Lipinski definition) is 0. The summed E-state index contributed by atoms with van der Waals surface area (Å²) in [7, 11) is 0. The van der Waals surface area contributed by atoms with E-state index in [4.69, 9.17) is 0 Å². The largest absolute Gasteiger partial charge is 0.340 e. The van der Waals surface area contributed by atoms with E-state index in [0.29, 0.717) is 5.91 Å². The Balaban J connectivity index is 1.31. The molecule has 5 rings (SSSR count). The number of aryl methyl sites for hydroxylation is 2. The quantitative estimate of drug-likeness (QED) is 0.783. The third-order valence-electron chi connectivity index (χ3n) is 7.14. The Bertz CT molecular complexity index is 886. The Kier molecular flexibility index (Phi) is 4.36. The van der Waals surface area contributed by atoms with Crippen LogP contribution in [0.25, 0.3) is 0 Å². The normalized spacial score (nSPS) is 26.3. The van der Waals surface area contributed by atoms with Crippen molar-refractivity contribution in [3.8, 4) is 0 Å². The van der Waals surface area contributed by atoms with Crippen LogP contribution in [-0.4, -0.2) is 45.9 Å². The van der Waals surface area contributed by atoms with Gasteiger partial charge in [-0.15, -0.1) is 11.3 Å². The molecule has 1 aromatic carbocycles. The fourth-order valence-electron chi connectivity index (χ4n) is 5.17. The molecule has 1 saturated carbocycles. The van der Waals surface area contributed by atoms with Crippen molar-refractivity contribution in [2.24, 2.45) is 0 Å². The van der Waals surface area contributed by atoms with Crippen molar-refractivity contribution in [2.75, 3.05) is 19.6 Å². The van der Waals surface area contributed by atoms with E-state index in [9.17, 15) is 4.79 Å². The van der Waals surface area contributed by atoms with E-state index in [-0.39, 0.29) is 11.0 Å². The molecule has 0 unspecified atom stereocenters. The van der Waals surface area contributed by atoms with Crippen molar-refractivity contribution in [1.82, 2.24) is 14.8 Å². The lowest BCUT2D eigenvalue weighted by molar-refractivity contribution is -0.143. The van der Waals surface area contributed by atoms with Gasteiger partial charge in [0.05, 0.1) is 10.4 Å². The van der Waals surface area contributed by atoms with Crippen LogP contribution in [0.1, 0.15) is 53.1 Å². The van der Waals surface area contributed by atoms with Crippen LogP contribution < -0.4 is 0 Å². The minimum absolute atomic E-state index is 0.190. The van der Waals surface area contributed by atoms with Crippen LogP contribution in [0.15, 0.2) is 30.5 Å². The molecule has 2 aromatic rings. The number of aromatic nitrogens is 1. The summed E-state index contributed by atoms with van der Waals surface area (Å²) in [5.74, 6) is 0.371. The SMILES string of the molecule is Cc1ccc(C2(C(=O)N3CCC[C@@]4(CCN4Cc4cnc(C)s4)C3)CC2)cc1. The molecular formula is C23H29N3OS. The van der Waals surface area contributed by atoms with E-state index < -0.39 is 0 Å². The zero-order valence-corrected chi connectivity index (χ0v) is 17.7. The van der Waals surface area contributed by atoms with Crippen molar-refractivity contribution in [3.05, 3.63) is 51.5 Å². The van der Waals surface area contributed by atoms with Crippen molar-refractivity contribution < 1.29 is 4.79 Å². The van der Waals surface area contributed by atoms with Crippen LogP contribution in [0.2, 0.25) is 0 Å². The predicted molar refractivity (Wildman–Crippen MR) is 113 cm³/mol. The number of hydrogen-bond acceptors (Lipinski definition) is 4. The van der Waals surface area contributed by atoms with Gasteiger partial charge in [-0.1, -0.05) is 29.8 Å². The molecule has 1 aliphatic carbocycles. The summed E-state index contributed by atoms with van der Waals surface area (Å²) in [6, 6.07) is 8.62. The number of thiazole rings is 1. The van der Waals surface area contributed by atoms with Gasteiger partial charge in [0.1, 0.15) is 0 Å². The van der Waals surface area contributed by atoms with Crippen molar-refractivity contribution in [3.63, 3.8) is 0 Å². The predicted octanol–water partition coefficient (Wildman–Crippen LogP) is 4.06. The minimum Gasteiger partial charge on any atom is -0.340 e. The summed E-state index contributed by atoms with van der Waals surface area (Å²) < 4.78 is 0. The molecule has 3 fully saturated rings. The average molecular weight is 396 g/mol. The van der Waals surface area contributed by atoms with Crippen LogP contribution in [0, 0.1) is 13.8 Å². The fourth-order valence-corrected chi connectivity index (χ4v) is 5.98. The molecule has 5 heteroatoms. The molecule has 4 nitrogen and oxygen atoms in total. The molecule has 0 N–H and O–H groups in total. The van der Waals surface area contributed by atoms with Crippen LogP contribution in [-0.2, 0) is 16.8 Å². The molecule has 28 heavy (non-hydrogen) atoms. The van der Waals surface area contributed by atoms with Crippen molar-refractivity contribution in [2.45, 2.75) is 63.5 Å². The van der Waals surface area contributed by atoms with Crippen LogP contribution >= 0.6 is 11.3 Å². The average Bonchev–Trinajstić information content (AvgIpc) is 3.41. The van der Waals surface area contributed by atoms with Gasteiger partial charge in [-0.2, -0.15) is 0 Å². The van der Waals surface area contributed by atoms with Crippen molar-refractivity contribution >= 4 is 17.2 Å². The number of amides is 1. The second-order valence-corrected chi connectivity index (χ2v) is 10.3. The Morgan fingerprint density at radius 3 is 2.50 bits per heavy atom. The summed E-state index contributed by atoms with van der Waals surface area (Å²) in [6.45, 7) is 8.12. The van der Waals surface area contributed by atoms with E-state index in [1.807, 2.05) is 6.20 Å². The van der Waals surface area contributed by atoms with E-state index >= 15 is 0 Å². The van der Waals surface area contributed by atoms with Gasteiger partial charge in [0.25, 0.3) is 0 Å². The summed E-state index contributed by atoms with van der Waals surface area (Å²) >= 11 is 1.80. The number of rotatable bonds is 4. The molecule has 2 saturated heterocycles. The highest BCUT2D eigenvalue weighted by Gasteiger charge is 2.56. The van der Waals surface area contributed by atoms with Gasteiger partial charge in [0.2, 0.25) is 5.91 Å². The number of nitrogens with zero attached hydrogens (tertiary/aromatic N) is 3. The molecule has 0 radical (unpaired) electrons. The monoisotopic (exact) mass is 395 g/mol. The molecule has 0 bridgehead atoms. The summed E-state index contributed by atoms with van der Waals surface area (Å²) in [6.07, 6.45) is 7.57. The first kappa shape index (κ1) is 18.3. The van der Waals surface area contributed by atoms with Gasteiger partial charge in [-0.25, -0.2) is 4.98 Å². The second-order valence-electron chi connectivity index (χ2n) is 9.02. The van der Waals surface area contributed by atoms with E-state index in [1.165, 1.54) is 28.8 Å². The topological polar surface area (TPSA) is 36.4 Å². The number of carbonyl (C=O) groups excluding carboxylic acids is 1. The highest BCUT2D eigenvalue weighted by molar-refractivity contribution is 7.11. The van der Waals surface area contributed by atoms with Crippen LogP contribution in [0.4, 0.5) is 0 Å². The van der Waals surface area contributed by atoms with Crippen molar-refractivity contribution in [1.29, 1.82) is 0 Å². The molecule has 3 aliphatic rings. The van der Waals surface area contributed by atoms with Gasteiger partial charge in [0.15, 0.2) is 0 Å². The lowest BCUT2D eigenvalue weighted by Crippen LogP contribution is -2.67. The zero-order valence-electron chi connectivity index (χ0n) is 16.9. The molecule has 2 aliphatic heterocycles. The van der Waals surface area contributed by atoms with E-state index in [2.05, 4.69) is 52.9 Å². The lowest BCUT2D eigenvalue weighted by Gasteiger charge is -2.57. The Labute approximate surface area is 171 Å². The maximum atomic E-state index is 13.6. The molecule has 1 atom stereocenters. The maximum absolute atomic E-state index is 13.6. The molecular weight excluding hydrogens is 366 g/mol. The van der Waals surface area contributed by atoms with Gasteiger partial charge in [-0.05, 0) is 51.5 Å². The third-order valence-corrected chi connectivity index (χ3v) is 8.04. The number of benzene rings is 1. The third kappa shape index (κ3) is 3.00. The number of likely N-dealkylation sites (tertiary alicyclic amines) is 2. The van der Waals surface area contributed by atoms with Gasteiger partial charge >= 0.3 is 0 Å². The molecule has 148 valence electrons. The Morgan fingerprint density at radius 1 is 1.11 bits per heavy atom. The highest BCUT2D eigenvalue weighted by atomic mass is 32.1. The smallest absolute Gasteiger partial charge is 0.233 e. The molecule has 1 aromatic heterocycles. The lowest BCUT2D eigenvalue weighted by atomic mass is 9.77. The Hall–Kier alpha value is -1.72. The van der Waals surface area contributed by atoms with Gasteiger partial charge < -0.3 is 4.90 Å². The van der Waals surface area contributed by atoms with Crippen LogP contribution in [0.3, 0.4) is 0 Å². The molecule has 1 spiro atoms. The van der Waals surface area contributed by atoms with Gasteiger partial charge in [-0.3, -0.25) is 9.69 Å². The first-order chi connectivity index (χ1) is 13.5. The maximum Gasteiger partial charge on any atom is 0.233 e. The fraction of sp³-hybridized carbons (Fsp3) is 0.565. The first-order valence-electron chi connectivity index (χ1n) is 10.5. The summed E-state index contributed by atoms with van der Waals surface area (Å²) in [5.41, 5.74) is 2.42. The zero-order chi connectivity index (χ0) is 19.4.